The van der Waals surface area contributed by atoms with E-state index in [0.29, 0.717) is 12.2 Å². The summed E-state index contributed by atoms with van der Waals surface area (Å²) in [4.78, 5) is 11.3. The molecule has 1 aromatic rings. The molecule has 86 valence electrons. The van der Waals surface area contributed by atoms with Gasteiger partial charge in [-0.05, 0) is 24.5 Å². The Morgan fingerprint density at radius 3 is 2.50 bits per heavy atom. The number of hydrogen-bond acceptors (Lipinski definition) is 2. The van der Waals surface area contributed by atoms with E-state index in [1.165, 1.54) is 5.56 Å². The van der Waals surface area contributed by atoms with Crippen LogP contribution in [0, 0.1) is 0 Å². The molecule has 0 N–H and O–H groups in total. The second-order valence-electron chi connectivity index (χ2n) is 3.88. The van der Waals surface area contributed by atoms with Gasteiger partial charge in [-0.2, -0.15) is 0 Å². The van der Waals surface area contributed by atoms with Gasteiger partial charge in [-0.25, -0.2) is 4.79 Å². The zero-order valence-corrected chi connectivity index (χ0v) is 9.95. The summed E-state index contributed by atoms with van der Waals surface area (Å²) >= 11 is 0. The molecule has 0 aliphatic rings. The summed E-state index contributed by atoms with van der Waals surface area (Å²) in [7, 11) is 0. The molecule has 0 spiro atoms. The van der Waals surface area contributed by atoms with Crippen molar-refractivity contribution in [2.75, 3.05) is 0 Å². The molecule has 0 saturated carbocycles. The summed E-state index contributed by atoms with van der Waals surface area (Å²) in [5, 5.41) is 0. The Hall–Kier alpha value is -1.57. The lowest BCUT2D eigenvalue weighted by atomic mass is 10.0. The van der Waals surface area contributed by atoms with Gasteiger partial charge in [-0.1, -0.05) is 44.2 Å². The molecular weight excluding hydrogens is 200 g/mol. The molecule has 16 heavy (non-hydrogen) atoms. The maximum Gasteiger partial charge on any atom is 0.333 e. The van der Waals surface area contributed by atoms with E-state index >= 15 is 0 Å². The van der Waals surface area contributed by atoms with Gasteiger partial charge in [-0.15, -0.1) is 0 Å². The van der Waals surface area contributed by atoms with Gasteiger partial charge >= 0.3 is 5.97 Å². The minimum atomic E-state index is -0.327. The van der Waals surface area contributed by atoms with E-state index in [0.717, 1.165) is 18.4 Å². The van der Waals surface area contributed by atoms with Crippen LogP contribution < -0.4 is 0 Å². The summed E-state index contributed by atoms with van der Waals surface area (Å²) in [6, 6.07) is 8.04. The first-order valence-electron chi connectivity index (χ1n) is 5.54. The fourth-order valence-electron chi connectivity index (χ4n) is 1.48. The average molecular weight is 218 g/mol. The van der Waals surface area contributed by atoms with Crippen molar-refractivity contribution in [1.82, 2.24) is 0 Å². The molecule has 1 rings (SSSR count). The van der Waals surface area contributed by atoms with E-state index < -0.39 is 0 Å². The quantitative estimate of drug-likeness (QED) is 0.560. The third-order valence-electron chi connectivity index (χ3n) is 2.34. The van der Waals surface area contributed by atoms with E-state index in [1.54, 1.807) is 6.92 Å². The number of esters is 1. The van der Waals surface area contributed by atoms with E-state index in [-0.39, 0.29) is 5.97 Å². The SMILES string of the molecule is C=C(C)C(=O)OCc1ccccc1CCC. The highest BCUT2D eigenvalue weighted by atomic mass is 16.5. The summed E-state index contributed by atoms with van der Waals surface area (Å²) in [6.45, 7) is 7.68. The van der Waals surface area contributed by atoms with E-state index in [9.17, 15) is 4.79 Å². The summed E-state index contributed by atoms with van der Waals surface area (Å²) in [5.74, 6) is -0.327. The number of carbonyl (C=O) groups is 1. The molecule has 0 saturated heterocycles. The van der Waals surface area contributed by atoms with Crippen LogP contribution in [0.15, 0.2) is 36.4 Å². The summed E-state index contributed by atoms with van der Waals surface area (Å²) < 4.78 is 5.14. The third kappa shape index (κ3) is 3.54. The first kappa shape index (κ1) is 12.5. The molecular formula is C14H18O2. The molecule has 0 bridgehead atoms. The molecule has 2 heteroatoms. The Balaban J connectivity index is 2.66. The van der Waals surface area contributed by atoms with E-state index in [4.69, 9.17) is 4.74 Å². The topological polar surface area (TPSA) is 26.3 Å². The van der Waals surface area contributed by atoms with Gasteiger partial charge in [0.1, 0.15) is 6.61 Å². The Kier molecular flexibility index (Phi) is 4.77. The normalized spacial score (nSPS) is 9.88. The van der Waals surface area contributed by atoms with E-state index in [1.807, 2.05) is 18.2 Å². The second-order valence-corrected chi connectivity index (χ2v) is 3.88. The highest BCUT2D eigenvalue weighted by Gasteiger charge is 2.06. The van der Waals surface area contributed by atoms with Crippen molar-refractivity contribution in [2.45, 2.75) is 33.3 Å². The fraction of sp³-hybridized carbons (Fsp3) is 0.357. The predicted molar refractivity (Wildman–Crippen MR) is 65.0 cm³/mol. The van der Waals surface area contributed by atoms with E-state index in [2.05, 4.69) is 19.6 Å². The van der Waals surface area contributed by atoms with Crippen molar-refractivity contribution in [1.29, 1.82) is 0 Å². The molecule has 0 fully saturated rings. The molecule has 0 heterocycles. The van der Waals surface area contributed by atoms with Gasteiger partial charge in [0.15, 0.2) is 0 Å². The largest absolute Gasteiger partial charge is 0.457 e. The number of ether oxygens (including phenoxy) is 1. The number of hydrogen-bond donors (Lipinski definition) is 0. The van der Waals surface area contributed by atoms with Gasteiger partial charge in [-0.3, -0.25) is 0 Å². The van der Waals surface area contributed by atoms with Crippen LogP contribution in [0.25, 0.3) is 0 Å². The van der Waals surface area contributed by atoms with Crippen molar-refractivity contribution in [3.8, 4) is 0 Å². The van der Waals surface area contributed by atoms with Crippen LogP contribution in [-0.4, -0.2) is 5.97 Å². The zero-order chi connectivity index (χ0) is 12.0. The number of carbonyl (C=O) groups excluding carboxylic acids is 1. The Morgan fingerprint density at radius 1 is 1.31 bits per heavy atom. The Labute approximate surface area is 96.9 Å². The molecule has 0 unspecified atom stereocenters. The summed E-state index contributed by atoms with van der Waals surface area (Å²) in [5.41, 5.74) is 2.77. The van der Waals surface area contributed by atoms with Crippen molar-refractivity contribution < 1.29 is 9.53 Å². The highest BCUT2D eigenvalue weighted by molar-refractivity contribution is 5.86. The zero-order valence-electron chi connectivity index (χ0n) is 9.95. The lowest BCUT2D eigenvalue weighted by molar-refractivity contribution is -0.140. The summed E-state index contributed by atoms with van der Waals surface area (Å²) in [6.07, 6.45) is 2.10. The van der Waals surface area contributed by atoms with Crippen LogP contribution >= 0.6 is 0 Å². The molecule has 2 nitrogen and oxygen atoms in total. The van der Waals surface area contributed by atoms with Crippen molar-refractivity contribution in [3.63, 3.8) is 0 Å². The Bertz CT molecular complexity index is 380. The third-order valence-corrected chi connectivity index (χ3v) is 2.34. The molecule has 0 radical (unpaired) electrons. The number of aryl methyl sites for hydroxylation is 1. The smallest absolute Gasteiger partial charge is 0.333 e. The van der Waals surface area contributed by atoms with Crippen molar-refractivity contribution in [3.05, 3.63) is 47.5 Å². The molecule has 1 aromatic carbocycles. The Morgan fingerprint density at radius 2 is 1.94 bits per heavy atom. The van der Waals surface area contributed by atoms with Crippen LogP contribution in [0.2, 0.25) is 0 Å². The standard InChI is InChI=1S/C14H18O2/c1-4-7-12-8-5-6-9-13(12)10-16-14(15)11(2)3/h5-6,8-9H,2,4,7,10H2,1,3H3. The van der Waals surface area contributed by atoms with Crippen molar-refractivity contribution in [2.24, 2.45) is 0 Å². The molecule has 0 atom stereocenters. The molecule has 0 amide bonds. The van der Waals surface area contributed by atoms with Gasteiger partial charge in [0, 0.05) is 5.57 Å². The second kappa shape index (κ2) is 6.11. The molecule has 0 aliphatic heterocycles. The number of benzene rings is 1. The minimum absolute atomic E-state index is 0.327. The van der Waals surface area contributed by atoms with Gasteiger partial charge in [0.25, 0.3) is 0 Å². The van der Waals surface area contributed by atoms with Gasteiger partial charge in [0.05, 0.1) is 0 Å². The highest BCUT2D eigenvalue weighted by Crippen LogP contribution is 2.12. The lowest BCUT2D eigenvalue weighted by Gasteiger charge is -2.09. The van der Waals surface area contributed by atoms with Crippen molar-refractivity contribution >= 4 is 5.97 Å². The maximum absolute atomic E-state index is 11.3. The van der Waals surface area contributed by atoms with Crippen LogP contribution in [-0.2, 0) is 22.6 Å². The first-order chi connectivity index (χ1) is 7.65. The average Bonchev–Trinajstić information content (AvgIpc) is 2.27. The minimum Gasteiger partial charge on any atom is -0.457 e. The van der Waals surface area contributed by atoms with Crippen LogP contribution in [0.3, 0.4) is 0 Å². The molecule has 0 aromatic heterocycles. The monoisotopic (exact) mass is 218 g/mol. The van der Waals surface area contributed by atoms with Crippen LogP contribution in [0.4, 0.5) is 0 Å². The van der Waals surface area contributed by atoms with Gasteiger partial charge in [0.2, 0.25) is 0 Å². The lowest BCUT2D eigenvalue weighted by Crippen LogP contribution is -2.06. The van der Waals surface area contributed by atoms with Crippen LogP contribution in [0.1, 0.15) is 31.4 Å². The molecule has 0 aliphatic carbocycles. The maximum atomic E-state index is 11.3. The predicted octanol–water partition coefficient (Wildman–Crippen LogP) is 3.26. The fourth-order valence-corrected chi connectivity index (χ4v) is 1.48. The number of rotatable bonds is 5. The van der Waals surface area contributed by atoms with Gasteiger partial charge < -0.3 is 4.74 Å². The first-order valence-corrected chi connectivity index (χ1v) is 5.54. The van der Waals surface area contributed by atoms with Crippen LogP contribution in [0.5, 0.6) is 0 Å².